The summed E-state index contributed by atoms with van der Waals surface area (Å²) in [5, 5.41) is 6.18. The van der Waals surface area contributed by atoms with Crippen LogP contribution in [0.2, 0.25) is 0 Å². The van der Waals surface area contributed by atoms with Gasteiger partial charge in [-0.3, -0.25) is 9.78 Å². The first-order valence-corrected chi connectivity index (χ1v) is 7.57. The van der Waals surface area contributed by atoms with E-state index < -0.39 is 0 Å². The molecule has 0 unspecified atom stereocenters. The van der Waals surface area contributed by atoms with E-state index in [1.54, 1.807) is 12.4 Å². The van der Waals surface area contributed by atoms with Gasteiger partial charge in [0.25, 0.3) is 0 Å². The van der Waals surface area contributed by atoms with E-state index in [-0.39, 0.29) is 12.5 Å². The second-order valence-corrected chi connectivity index (χ2v) is 5.68. The van der Waals surface area contributed by atoms with Crippen LogP contribution in [0, 0.1) is 6.92 Å². The molecular weight excluding hydrogens is 274 g/mol. The summed E-state index contributed by atoms with van der Waals surface area (Å²) in [4.78, 5) is 16.0. The van der Waals surface area contributed by atoms with Crippen molar-refractivity contribution < 1.29 is 4.79 Å². The highest BCUT2D eigenvalue weighted by atomic mass is 16.1. The largest absolute Gasteiger partial charge is 0.376 e. The molecule has 2 rings (SSSR count). The molecule has 0 spiro atoms. The minimum atomic E-state index is -0.0187. The van der Waals surface area contributed by atoms with Gasteiger partial charge in [-0.05, 0) is 41.7 Å². The van der Waals surface area contributed by atoms with Gasteiger partial charge in [0.15, 0.2) is 0 Å². The topological polar surface area (TPSA) is 54.0 Å². The lowest BCUT2D eigenvalue weighted by Gasteiger charge is -2.17. The SMILES string of the molecule is Cc1cccc(C(C)C)c1NCC(=O)NCc1ccncc1. The van der Waals surface area contributed by atoms with Crippen LogP contribution in [0.25, 0.3) is 0 Å². The maximum absolute atomic E-state index is 12.0. The minimum absolute atomic E-state index is 0.0187. The van der Waals surface area contributed by atoms with Crippen LogP contribution >= 0.6 is 0 Å². The third-order valence-corrected chi connectivity index (χ3v) is 3.59. The predicted octanol–water partition coefficient (Wildman–Crippen LogP) is 3.24. The summed E-state index contributed by atoms with van der Waals surface area (Å²) < 4.78 is 0. The number of nitrogens with zero attached hydrogens (tertiary/aromatic N) is 1. The van der Waals surface area contributed by atoms with Gasteiger partial charge in [-0.25, -0.2) is 0 Å². The molecule has 0 atom stereocenters. The lowest BCUT2D eigenvalue weighted by atomic mass is 9.98. The number of pyridine rings is 1. The summed E-state index contributed by atoms with van der Waals surface area (Å²) in [5.74, 6) is 0.400. The van der Waals surface area contributed by atoms with Gasteiger partial charge in [0, 0.05) is 24.6 Å². The Morgan fingerprint density at radius 1 is 1.18 bits per heavy atom. The second-order valence-electron chi connectivity index (χ2n) is 5.68. The number of benzene rings is 1. The number of nitrogens with one attached hydrogen (secondary N) is 2. The summed E-state index contributed by atoms with van der Waals surface area (Å²) in [6, 6.07) is 10.0. The molecule has 2 N–H and O–H groups in total. The zero-order valence-corrected chi connectivity index (χ0v) is 13.4. The number of para-hydroxylation sites is 1. The number of carbonyl (C=O) groups is 1. The summed E-state index contributed by atoms with van der Waals surface area (Å²) >= 11 is 0. The first-order valence-electron chi connectivity index (χ1n) is 7.57. The number of aromatic nitrogens is 1. The highest BCUT2D eigenvalue weighted by Crippen LogP contribution is 2.27. The van der Waals surface area contributed by atoms with Crippen molar-refractivity contribution in [3.05, 3.63) is 59.4 Å². The molecule has 0 saturated carbocycles. The Kier molecular flexibility index (Phi) is 5.53. The van der Waals surface area contributed by atoms with Gasteiger partial charge in [0.1, 0.15) is 0 Å². The minimum Gasteiger partial charge on any atom is -0.376 e. The van der Waals surface area contributed by atoms with Gasteiger partial charge >= 0.3 is 0 Å². The number of hydrogen-bond acceptors (Lipinski definition) is 3. The van der Waals surface area contributed by atoms with Crippen molar-refractivity contribution in [2.24, 2.45) is 0 Å². The van der Waals surface area contributed by atoms with Crippen LogP contribution in [-0.2, 0) is 11.3 Å². The number of carbonyl (C=O) groups excluding carboxylic acids is 1. The van der Waals surface area contributed by atoms with E-state index in [1.165, 1.54) is 5.56 Å². The van der Waals surface area contributed by atoms with Crippen LogP contribution in [0.3, 0.4) is 0 Å². The maximum Gasteiger partial charge on any atom is 0.239 e. The molecule has 0 fully saturated rings. The van der Waals surface area contributed by atoms with E-state index >= 15 is 0 Å². The fourth-order valence-corrected chi connectivity index (χ4v) is 2.35. The van der Waals surface area contributed by atoms with Crippen molar-refractivity contribution in [1.29, 1.82) is 0 Å². The number of anilines is 1. The van der Waals surface area contributed by atoms with Crippen LogP contribution in [0.15, 0.2) is 42.7 Å². The van der Waals surface area contributed by atoms with E-state index in [2.05, 4.69) is 54.6 Å². The van der Waals surface area contributed by atoms with Crippen molar-refractivity contribution in [2.45, 2.75) is 33.2 Å². The van der Waals surface area contributed by atoms with Crippen LogP contribution in [0.1, 0.15) is 36.5 Å². The first kappa shape index (κ1) is 16.0. The van der Waals surface area contributed by atoms with Crippen molar-refractivity contribution >= 4 is 11.6 Å². The van der Waals surface area contributed by atoms with Crippen molar-refractivity contribution in [2.75, 3.05) is 11.9 Å². The van der Waals surface area contributed by atoms with Crippen LogP contribution < -0.4 is 10.6 Å². The quantitative estimate of drug-likeness (QED) is 0.860. The Morgan fingerprint density at radius 3 is 2.59 bits per heavy atom. The standard InChI is InChI=1S/C18H23N3O/c1-13(2)16-6-4-5-14(3)18(16)21-12-17(22)20-11-15-7-9-19-10-8-15/h4-10,13,21H,11-12H2,1-3H3,(H,20,22). The van der Waals surface area contributed by atoms with Gasteiger partial charge in [-0.2, -0.15) is 0 Å². The van der Waals surface area contributed by atoms with Gasteiger partial charge in [-0.15, -0.1) is 0 Å². The predicted molar refractivity (Wildman–Crippen MR) is 89.8 cm³/mol. The fraction of sp³-hybridized carbons (Fsp3) is 0.333. The molecule has 0 aliphatic carbocycles. The molecule has 116 valence electrons. The molecule has 0 saturated heterocycles. The molecule has 0 aliphatic rings. The van der Waals surface area contributed by atoms with Crippen molar-refractivity contribution in [1.82, 2.24) is 10.3 Å². The van der Waals surface area contributed by atoms with Gasteiger partial charge in [0.05, 0.1) is 6.54 Å². The maximum atomic E-state index is 12.0. The lowest BCUT2D eigenvalue weighted by Crippen LogP contribution is -2.29. The first-order chi connectivity index (χ1) is 10.6. The highest BCUT2D eigenvalue weighted by Gasteiger charge is 2.10. The van der Waals surface area contributed by atoms with Gasteiger partial charge in [-0.1, -0.05) is 32.0 Å². The highest BCUT2D eigenvalue weighted by molar-refractivity contribution is 5.81. The average Bonchev–Trinajstić information content (AvgIpc) is 2.52. The zero-order chi connectivity index (χ0) is 15.9. The summed E-state index contributed by atoms with van der Waals surface area (Å²) in [6.07, 6.45) is 3.45. The molecule has 0 bridgehead atoms. The summed E-state index contributed by atoms with van der Waals surface area (Å²) in [5.41, 5.74) is 4.51. The van der Waals surface area contributed by atoms with Crippen LogP contribution in [-0.4, -0.2) is 17.4 Å². The molecule has 4 heteroatoms. The fourth-order valence-electron chi connectivity index (χ4n) is 2.35. The summed E-state index contributed by atoms with van der Waals surface area (Å²) in [6.45, 7) is 7.17. The Bertz CT molecular complexity index is 623. The van der Waals surface area contributed by atoms with Gasteiger partial charge < -0.3 is 10.6 Å². The summed E-state index contributed by atoms with van der Waals surface area (Å²) in [7, 11) is 0. The van der Waals surface area contributed by atoms with Crippen molar-refractivity contribution in [3.8, 4) is 0 Å². The van der Waals surface area contributed by atoms with E-state index in [0.717, 1.165) is 16.8 Å². The molecule has 4 nitrogen and oxygen atoms in total. The Hall–Kier alpha value is -2.36. The molecule has 1 aromatic heterocycles. The molecule has 22 heavy (non-hydrogen) atoms. The molecule has 1 amide bonds. The van der Waals surface area contributed by atoms with Crippen LogP contribution in [0.4, 0.5) is 5.69 Å². The Morgan fingerprint density at radius 2 is 1.91 bits per heavy atom. The Balaban J connectivity index is 1.91. The lowest BCUT2D eigenvalue weighted by molar-refractivity contribution is -0.119. The van der Waals surface area contributed by atoms with E-state index in [9.17, 15) is 4.79 Å². The number of aryl methyl sites for hydroxylation is 1. The van der Waals surface area contributed by atoms with Crippen molar-refractivity contribution in [3.63, 3.8) is 0 Å². The molecule has 1 aromatic carbocycles. The Labute approximate surface area is 132 Å². The number of rotatable bonds is 6. The van der Waals surface area contributed by atoms with Crippen LogP contribution in [0.5, 0.6) is 0 Å². The van der Waals surface area contributed by atoms with Gasteiger partial charge in [0.2, 0.25) is 5.91 Å². The number of amides is 1. The number of hydrogen-bond donors (Lipinski definition) is 2. The molecule has 1 heterocycles. The average molecular weight is 297 g/mol. The second kappa shape index (κ2) is 7.59. The van der Waals surface area contributed by atoms with E-state index in [1.807, 2.05) is 12.1 Å². The third-order valence-electron chi connectivity index (χ3n) is 3.59. The zero-order valence-electron chi connectivity index (χ0n) is 13.4. The molecule has 0 radical (unpaired) electrons. The monoisotopic (exact) mass is 297 g/mol. The van der Waals surface area contributed by atoms with E-state index in [0.29, 0.717) is 12.5 Å². The smallest absolute Gasteiger partial charge is 0.239 e. The molecular formula is C18H23N3O. The third kappa shape index (κ3) is 4.32. The molecule has 0 aliphatic heterocycles. The molecule has 2 aromatic rings. The van der Waals surface area contributed by atoms with E-state index in [4.69, 9.17) is 0 Å². The normalized spacial score (nSPS) is 10.5.